The summed E-state index contributed by atoms with van der Waals surface area (Å²) in [7, 11) is 0. The van der Waals surface area contributed by atoms with Crippen LogP contribution in [0.1, 0.15) is 12.5 Å². The molecule has 1 aliphatic rings. The summed E-state index contributed by atoms with van der Waals surface area (Å²) in [6.45, 7) is 2.12. The maximum atomic E-state index is 5.24. The maximum absolute atomic E-state index is 5.24. The van der Waals surface area contributed by atoms with Crippen molar-refractivity contribution in [3.05, 3.63) is 41.5 Å². The van der Waals surface area contributed by atoms with Gasteiger partial charge in [-0.15, -0.1) is 11.8 Å². The van der Waals surface area contributed by atoms with Gasteiger partial charge in [0.25, 0.3) is 0 Å². The zero-order valence-electron chi connectivity index (χ0n) is 7.41. The Balaban J connectivity index is 2.43. The number of hydrogen-bond donors (Lipinski definition) is 0. The molecule has 1 aromatic carbocycles. The first-order chi connectivity index (χ1) is 6.29. The molecule has 0 spiro atoms. The molecule has 0 amide bonds. The van der Waals surface area contributed by atoms with Crippen LogP contribution in [0.25, 0.3) is 4.91 Å². The first-order valence-electron chi connectivity index (χ1n) is 4.21. The van der Waals surface area contributed by atoms with Crippen LogP contribution in [-0.4, -0.2) is 10.6 Å². The predicted octanol–water partition coefficient (Wildman–Crippen LogP) is 3.53. The second-order valence-electron chi connectivity index (χ2n) is 3.03. The predicted molar refractivity (Wildman–Crippen MR) is 64.1 cm³/mol. The molecule has 1 aliphatic heterocycles. The molecule has 0 aliphatic carbocycles. The molecular formula is C11H10S2. The van der Waals surface area contributed by atoms with Crippen molar-refractivity contribution in [1.29, 1.82) is 0 Å². The molecule has 13 heavy (non-hydrogen) atoms. The molecule has 1 aromatic rings. The highest BCUT2D eigenvalue weighted by atomic mass is 32.2. The molecule has 0 unspecified atom stereocenters. The Labute approximate surface area is 88.0 Å². The Morgan fingerprint density at radius 2 is 1.92 bits per heavy atom. The quantitative estimate of drug-likeness (QED) is 0.645. The van der Waals surface area contributed by atoms with E-state index in [0.29, 0.717) is 0 Å². The topological polar surface area (TPSA) is 0 Å². The van der Waals surface area contributed by atoms with Crippen molar-refractivity contribution >= 4 is 33.7 Å². The van der Waals surface area contributed by atoms with Crippen molar-refractivity contribution in [2.24, 2.45) is 0 Å². The molecule has 0 bridgehead atoms. The van der Waals surface area contributed by atoms with Crippen LogP contribution in [0.4, 0.5) is 0 Å². The number of hydrogen-bond acceptors (Lipinski definition) is 2. The van der Waals surface area contributed by atoms with Crippen molar-refractivity contribution in [1.82, 2.24) is 0 Å². The molecule has 0 radical (unpaired) electrons. The van der Waals surface area contributed by atoms with E-state index in [4.69, 9.17) is 12.2 Å². The minimum absolute atomic E-state index is 0.978. The molecule has 66 valence electrons. The first-order valence-corrected chi connectivity index (χ1v) is 5.61. The number of benzene rings is 1. The summed E-state index contributed by atoms with van der Waals surface area (Å²) >= 11 is 7.09. The lowest BCUT2D eigenvalue weighted by Crippen LogP contribution is -1.91. The van der Waals surface area contributed by atoms with Crippen LogP contribution in [0, 0.1) is 0 Å². The van der Waals surface area contributed by atoms with Gasteiger partial charge >= 0.3 is 0 Å². The van der Waals surface area contributed by atoms with Crippen molar-refractivity contribution < 1.29 is 0 Å². The molecule has 0 saturated carbocycles. The Morgan fingerprint density at radius 1 is 1.23 bits per heavy atom. The molecule has 0 N–H and O–H groups in total. The largest absolute Gasteiger partial charge is 0.120 e. The fourth-order valence-corrected chi connectivity index (χ4v) is 2.85. The van der Waals surface area contributed by atoms with Crippen molar-refractivity contribution in [3.63, 3.8) is 0 Å². The Hall–Kier alpha value is -0.600. The SMILES string of the molecule is CC1=C(c2ccccc2)SCC1=S. The van der Waals surface area contributed by atoms with E-state index in [-0.39, 0.29) is 0 Å². The number of allylic oxidation sites excluding steroid dienone is 1. The van der Waals surface area contributed by atoms with E-state index >= 15 is 0 Å². The fraction of sp³-hybridized carbons (Fsp3) is 0.182. The van der Waals surface area contributed by atoms with Gasteiger partial charge in [0.1, 0.15) is 0 Å². The van der Waals surface area contributed by atoms with Gasteiger partial charge < -0.3 is 0 Å². The maximum Gasteiger partial charge on any atom is 0.0338 e. The van der Waals surface area contributed by atoms with E-state index in [1.165, 1.54) is 16.0 Å². The standard InChI is InChI=1S/C11H10S2/c1-8-10(12)7-13-11(8)9-5-3-2-4-6-9/h2-6H,7H2,1H3. The Morgan fingerprint density at radius 3 is 2.46 bits per heavy atom. The van der Waals surface area contributed by atoms with E-state index < -0.39 is 0 Å². The third-order valence-corrected chi connectivity index (χ3v) is 4.04. The summed E-state index contributed by atoms with van der Waals surface area (Å²) in [5, 5.41) is 0. The first kappa shape index (κ1) is 8.97. The highest BCUT2D eigenvalue weighted by Gasteiger charge is 2.17. The van der Waals surface area contributed by atoms with Gasteiger partial charge in [-0.3, -0.25) is 0 Å². The van der Waals surface area contributed by atoms with Crippen LogP contribution in [-0.2, 0) is 0 Å². The normalized spacial score (nSPS) is 16.8. The molecule has 0 aromatic heterocycles. The summed E-state index contributed by atoms with van der Waals surface area (Å²) in [6.07, 6.45) is 0. The van der Waals surface area contributed by atoms with Crippen LogP contribution in [0.5, 0.6) is 0 Å². The van der Waals surface area contributed by atoms with Gasteiger partial charge in [-0.2, -0.15) is 0 Å². The van der Waals surface area contributed by atoms with Gasteiger partial charge in [0.15, 0.2) is 0 Å². The average Bonchev–Trinajstić information content (AvgIpc) is 2.49. The van der Waals surface area contributed by atoms with Gasteiger partial charge in [-0.25, -0.2) is 0 Å². The molecule has 0 nitrogen and oxygen atoms in total. The molecule has 2 heteroatoms. The number of thioether (sulfide) groups is 1. The number of rotatable bonds is 1. The van der Waals surface area contributed by atoms with Crippen LogP contribution < -0.4 is 0 Å². The van der Waals surface area contributed by atoms with Crippen LogP contribution in [0.3, 0.4) is 0 Å². The lowest BCUT2D eigenvalue weighted by molar-refractivity contribution is 1.60. The van der Waals surface area contributed by atoms with E-state index in [0.717, 1.165) is 10.6 Å². The van der Waals surface area contributed by atoms with Crippen molar-refractivity contribution in [2.45, 2.75) is 6.92 Å². The van der Waals surface area contributed by atoms with Crippen LogP contribution >= 0.6 is 24.0 Å². The van der Waals surface area contributed by atoms with Crippen LogP contribution in [0.2, 0.25) is 0 Å². The van der Waals surface area contributed by atoms with E-state index in [1.807, 2.05) is 17.8 Å². The lowest BCUT2D eigenvalue weighted by atomic mass is 10.1. The van der Waals surface area contributed by atoms with E-state index in [1.54, 1.807) is 0 Å². The van der Waals surface area contributed by atoms with Crippen LogP contribution in [0.15, 0.2) is 35.9 Å². The molecule has 1 heterocycles. The minimum atomic E-state index is 0.978. The Bertz CT molecular complexity index is 363. The van der Waals surface area contributed by atoms with Gasteiger partial charge in [0.05, 0.1) is 0 Å². The molecule has 0 saturated heterocycles. The summed E-state index contributed by atoms with van der Waals surface area (Å²) in [6, 6.07) is 10.5. The smallest absolute Gasteiger partial charge is 0.0338 e. The second kappa shape index (κ2) is 3.64. The lowest BCUT2D eigenvalue weighted by Gasteiger charge is -2.01. The van der Waals surface area contributed by atoms with E-state index in [2.05, 4.69) is 31.2 Å². The monoisotopic (exact) mass is 206 g/mol. The summed E-state index contributed by atoms with van der Waals surface area (Å²) in [4.78, 5) is 2.45. The highest BCUT2D eigenvalue weighted by molar-refractivity contribution is 8.10. The second-order valence-corrected chi connectivity index (χ2v) is 4.51. The minimum Gasteiger partial charge on any atom is -0.120 e. The summed E-state index contributed by atoms with van der Waals surface area (Å²) in [5.41, 5.74) is 2.58. The third kappa shape index (κ3) is 1.69. The Kier molecular flexibility index (Phi) is 2.51. The van der Waals surface area contributed by atoms with Gasteiger partial charge in [0.2, 0.25) is 0 Å². The molecule has 0 atom stereocenters. The van der Waals surface area contributed by atoms with Gasteiger partial charge in [0, 0.05) is 15.5 Å². The van der Waals surface area contributed by atoms with Gasteiger partial charge in [-0.1, -0.05) is 42.5 Å². The average molecular weight is 206 g/mol. The zero-order chi connectivity index (χ0) is 9.26. The fourth-order valence-electron chi connectivity index (χ4n) is 1.37. The van der Waals surface area contributed by atoms with E-state index in [9.17, 15) is 0 Å². The molecular weight excluding hydrogens is 196 g/mol. The zero-order valence-corrected chi connectivity index (χ0v) is 9.04. The summed E-state index contributed by atoms with van der Waals surface area (Å²) in [5.74, 6) is 0.978. The highest BCUT2D eigenvalue weighted by Crippen LogP contribution is 2.37. The summed E-state index contributed by atoms with van der Waals surface area (Å²) < 4.78 is 0. The third-order valence-electron chi connectivity index (χ3n) is 2.14. The van der Waals surface area contributed by atoms with Gasteiger partial charge in [-0.05, 0) is 18.1 Å². The molecule has 2 rings (SSSR count). The molecule has 0 fully saturated rings. The van der Waals surface area contributed by atoms with Crippen molar-refractivity contribution in [3.8, 4) is 0 Å². The number of thiocarbonyl (C=S) groups is 1. The van der Waals surface area contributed by atoms with Crippen molar-refractivity contribution in [2.75, 3.05) is 5.75 Å².